The van der Waals surface area contributed by atoms with Crippen molar-refractivity contribution >= 4 is 35.0 Å². The summed E-state index contributed by atoms with van der Waals surface area (Å²) in [6.45, 7) is 3.85. The molecule has 3 aromatic carbocycles. The Morgan fingerprint density at radius 2 is 1.47 bits per heavy atom. The number of benzene rings is 3. The predicted octanol–water partition coefficient (Wildman–Crippen LogP) is 5.18. The van der Waals surface area contributed by atoms with Crippen molar-refractivity contribution in [2.45, 2.75) is 51.2 Å². The lowest BCUT2D eigenvalue weighted by Gasteiger charge is -2.28. The Morgan fingerprint density at radius 3 is 2.25 bits per heavy atom. The van der Waals surface area contributed by atoms with Gasteiger partial charge in [-0.05, 0) is 36.1 Å². The number of fused-ring (bicyclic) bond motifs is 5. The van der Waals surface area contributed by atoms with E-state index >= 15 is 0 Å². The number of nitrogens with zero attached hydrogens (tertiary/aromatic N) is 5. The molecule has 0 spiro atoms. The van der Waals surface area contributed by atoms with Crippen LogP contribution in [0.15, 0.2) is 72.8 Å². The molecule has 2 aliphatic rings. The second kappa shape index (κ2) is 17.5. The van der Waals surface area contributed by atoms with Crippen molar-refractivity contribution in [3.63, 3.8) is 0 Å². The molecule has 2 aliphatic heterocycles. The van der Waals surface area contributed by atoms with Crippen LogP contribution in [0.4, 0.5) is 5.69 Å². The fraction of sp³-hybridized carbons (Fsp3) is 0.395. The lowest BCUT2D eigenvalue weighted by Crippen LogP contribution is -2.32. The van der Waals surface area contributed by atoms with Gasteiger partial charge in [-0.3, -0.25) is 14.4 Å². The second-order valence-corrected chi connectivity index (χ2v) is 12.9. The third-order valence-electron chi connectivity index (χ3n) is 9.16. The predicted molar refractivity (Wildman–Crippen MR) is 193 cm³/mol. The summed E-state index contributed by atoms with van der Waals surface area (Å²) >= 11 is 6.40. The van der Waals surface area contributed by atoms with Gasteiger partial charge in [-0.1, -0.05) is 77.5 Å². The molecule has 0 saturated carbocycles. The third-order valence-corrected chi connectivity index (χ3v) is 9.51. The van der Waals surface area contributed by atoms with Gasteiger partial charge in [0.15, 0.2) is 0 Å². The highest BCUT2D eigenvalue weighted by atomic mass is 35.5. The number of ether oxygens (including phenoxy) is 3. The van der Waals surface area contributed by atoms with E-state index in [1.54, 1.807) is 4.90 Å². The highest BCUT2D eigenvalue weighted by Crippen LogP contribution is 2.41. The molecule has 3 heterocycles. The first-order valence-electron chi connectivity index (χ1n) is 17.4. The summed E-state index contributed by atoms with van der Waals surface area (Å²) in [7, 11) is 0. The van der Waals surface area contributed by atoms with Gasteiger partial charge in [0.1, 0.15) is 5.69 Å². The van der Waals surface area contributed by atoms with E-state index in [1.165, 1.54) is 0 Å². The van der Waals surface area contributed by atoms with Crippen molar-refractivity contribution in [3.8, 4) is 22.5 Å². The fourth-order valence-electron chi connectivity index (χ4n) is 6.69. The molecule has 0 bridgehead atoms. The van der Waals surface area contributed by atoms with E-state index in [9.17, 15) is 14.4 Å². The number of carbonyl (C=O) groups is 3. The zero-order chi connectivity index (χ0) is 35.6. The number of nitrogens with two attached hydrogens (primary N) is 1. The summed E-state index contributed by atoms with van der Waals surface area (Å²) in [6, 6.07) is 23.2. The van der Waals surface area contributed by atoms with E-state index in [4.69, 9.17) is 31.5 Å². The molecule has 4 aromatic rings. The van der Waals surface area contributed by atoms with Gasteiger partial charge in [0, 0.05) is 35.5 Å². The number of halogens is 1. The first kappa shape index (κ1) is 36.2. The second-order valence-electron chi connectivity index (χ2n) is 12.5. The number of primary amides is 1. The van der Waals surface area contributed by atoms with Gasteiger partial charge in [0.05, 0.1) is 76.6 Å². The van der Waals surface area contributed by atoms with Gasteiger partial charge < -0.3 is 29.7 Å². The summed E-state index contributed by atoms with van der Waals surface area (Å²) in [6.07, 6.45) is 2.20. The van der Waals surface area contributed by atoms with Crippen LogP contribution in [0.3, 0.4) is 0 Å². The molecule has 1 saturated heterocycles. The molecular weight excluding hydrogens is 672 g/mol. The van der Waals surface area contributed by atoms with Gasteiger partial charge in [-0.15, -0.1) is 5.10 Å². The van der Waals surface area contributed by atoms with Gasteiger partial charge in [-0.25, -0.2) is 4.68 Å². The Labute approximate surface area is 302 Å². The molecular formula is C38H43ClN6O6. The van der Waals surface area contributed by atoms with Crippen LogP contribution in [0.5, 0.6) is 0 Å². The molecule has 1 fully saturated rings. The smallest absolute Gasteiger partial charge is 0.227 e. The van der Waals surface area contributed by atoms with Gasteiger partial charge in [0.2, 0.25) is 17.7 Å². The maximum absolute atomic E-state index is 13.3. The topological polar surface area (TPSA) is 142 Å². The van der Waals surface area contributed by atoms with E-state index in [0.717, 1.165) is 47.3 Å². The van der Waals surface area contributed by atoms with Crippen LogP contribution in [-0.2, 0) is 41.7 Å². The minimum Gasteiger partial charge on any atom is -0.379 e. The van der Waals surface area contributed by atoms with Crippen LogP contribution >= 0.6 is 11.6 Å². The molecule has 3 amide bonds. The van der Waals surface area contributed by atoms with Crippen LogP contribution in [0, 0.1) is 0 Å². The number of hydrogen-bond acceptors (Lipinski definition) is 8. The Bertz CT molecular complexity index is 1830. The first-order valence-corrected chi connectivity index (χ1v) is 17.8. The Kier molecular flexibility index (Phi) is 12.4. The molecule has 12 nitrogen and oxygen atoms in total. The third kappa shape index (κ3) is 8.82. The van der Waals surface area contributed by atoms with Crippen LogP contribution in [0.2, 0.25) is 5.02 Å². The summed E-state index contributed by atoms with van der Waals surface area (Å²) in [5, 5.41) is 9.75. The van der Waals surface area contributed by atoms with Crippen LogP contribution in [0.25, 0.3) is 22.5 Å². The molecule has 2 N–H and O–H groups in total. The van der Waals surface area contributed by atoms with Crippen LogP contribution < -0.4 is 10.6 Å². The number of para-hydroxylation sites is 1. The zero-order valence-corrected chi connectivity index (χ0v) is 29.3. The van der Waals surface area contributed by atoms with E-state index in [2.05, 4.69) is 10.3 Å². The molecule has 1 atom stereocenters. The van der Waals surface area contributed by atoms with Crippen molar-refractivity contribution in [3.05, 3.63) is 88.9 Å². The Hall–Kier alpha value is -4.62. The standard InChI is InChI=1S/C38H43ClN6O6/c39-31-12-5-3-10-29(31)32-14-7-18-43(32)36(48)17-20-49-22-24-51-25-23-50-21-19-45-38-28-9-2-1-8-27(28)26-44(35(47)16-15-34(40)46)33-13-6-4-11-30(33)37(38)41-42-45/h1-6,8-13,32H,7,14-26H2,(H2,40,46). The Morgan fingerprint density at radius 1 is 0.784 bits per heavy atom. The molecule has 268 valence electrons. The summed E-state index contributed by atoms with van der Waals surface area (Å²) in [5.41, 5.74) is 11.2. The van der Waals surface area contributed by atoms with E-state index in [0.29, 0.717) is 75.6 Å². The number of aromatic nitrogens is 3. The maximum atomic E-state index is 13.3. The lowest BCUT2D eigenvalue weighted by molar-refractivity contribution is -0.133. The van der Waals surface area contributed by atoms with Gasteiger partial charge in [-0.2, -0.15) is 0 Å². The summed E-state index contributed by atoms with van der Waals surface area (Å²) in [5.74, 6) is -0.627. The molecule has 51 heavy (non-hydrogen) atoms. The quantitative estimate of drug-likeness (QED) is 0.157. The van der Waals surface area contributed by atoms with Gasteiger partial charge >= 0.3 is 0 Å². The average Bonchev–Trinajstić information content (AvgIpc) is 3.79. The summed E-state index contributed by atoms with van der Waals surface area (Å²) < 4.78 is 19.1. The molecule has 1 unspecified atom stereocenters. The number of likely N-dealkylation sites (tertiary alicyclic amines) is 1. The van der Waals surface area contributed by atoms with Crippen molar-refractivity contribution < 1.29 is 28.6 Å². The van der Waals surface area contributed by atoms with E-state index < -0.39 is 5.91 Å². The van der Waals surface area contributed by atoms with Gasteiger partial charge in [0.25, 0.3) is 0 Å². The van der Waals surface area contributed by atoms with Crippen molar-refractivity contribution in [1.82, 2.24) is 19.9 Å². The van der Waals surface area contributed by atoms with Crippen molar-refractivity contribution in [1.29, 1.82) is 0 Å². The maximum Gasteiger partial charge on any atom is 0.227 e. The summed E-state index contributed by atoms with van der Waals surface area (Å²) in [4.78, 5) is 41.2. The SMILES string of the molecule is NC(=O)CCC(=O)N1Cc2ccccc2-c2c(nnn2CCOCCOCCOCCC(=O)N2CCCC2c2ccccc2Cl)-c2ccccc21. The fourth-order valence-corrected chi connectivity index (χ4v) is 6.95. The Balaban J connectivity index is 0.953. The van der Waals surface area contributed by atoms with Crippen LogP contribution in [-0.4, -0.2) is 83.8 Å². The highest BCUT2D eigenvalue weighted by Gasteiger charge is 2.31. The number of rotatable bonds is 16. The first-order chi connectivity index (χ1) is 24.9. The number of anilines is 1. The number of hydrogen-bond donors (Lipinski definition) is 1. The normalized spacial score (nSPS) is 15.1. The lowest BCUT2D eigenvalue weighted by atomic mass is 9.95. The molecule has 13 heteroatoms. The van der Waals surface area contributed by atoms with Crippen LogP contribution in [0.1, 0.15) is 49.3 Å². The highest BCUT2D eigenvalue weighted by molar-refractivity contribution is 6.31. The minimum absolute atomic E-state index is 0.0195. The molecule has 6 rings (SSSR count). The number of carbonyl (C=O) groups excluding carboxylic acids is 3. The van der Waals surface area contributed by atoms with Crippen molar-refractivity contribution in [2.75, 3.05) is 51.1 Å². The monoisotopic (exact) mass is 714 g/mol. The largest absolute Gasteiger partial charge is 0.379 e. The molecule has 0 radical (unpaired) electrons. The van der Waals surface area contributed by atoms with Crippen molar-refractivity contribution in [2.24, 2.45) is 5.73 Å². The number of amides is 3. The molecule has 0 aliphatic carbocycles. The van der Waals surface area contributed by atoms with E-state index in [1.807, 2.05) is 82.4 Å². The molecule has 1 aromatic heterocycles. The zero-order valence-electron chi connectivity index (χ0n) is 28.5. The minimum atomic E-state index is -0.515. The average molecular weight is 715 g/mol. The van der Waals surface area contributed by atoms with E-state index in [-0.39, 0.29) is 30.7 Å².